The van der Waals surface area contributed by atoms with Crippen molar-refractivity contribution in [3.05, 3.63) is 63.7 Å². The van der Waals surface area contributed by atoms with Crippen LogP contribution in [-0.2, 0) is 0 Å². The number of carbonyl (C=O) groups is 1. The third-order valence-electron chi connectivity index (χ3n) is 2.84. The van der Waals surface area contributed by atoms with E-state index < -0.39 is 11.4 Å². The lowest BCUT2D eigenvalue weighted by Crippen LogP contribution is -2.12. The standard InChI is InChI=1S/C16H14O5/c1-10-9-14(18)15(16(19)21-10)13(17)8-5-11-3-6-12(20-2)7-4-11/h3-9,18H,1-2H3/b8-5-. The number of ether oxygens (including phenoxy) is 1. The van der Waals surface area contributed by atoms with Gasteiger partial charge < -0.3 is 14.3 Å². The van der Waals surface area contributed by atoms with Gasteiger partial charge in [-0.15, -0.1) is 0 Å². The largest absolute Gasteiger partial charge is 0.507 e. The molecule has 1 heterocycles. The molecule has 0 fully saturated rings. The van der Waals surface area contributed by atoms with E-state index >= 15 is 0 Å². The maximum absolute atomic E-state index is 12.0. The summed E-state index contributed by atoms with van der Waals surface area (Å²) in [5.41, 5.74) is -0.456. The van der Waals surface area contributed by atoms with Crippen LogP contribution in [-0.4, -0.2) is 18.0 Å². The maximum atomic E-state index is 12.0. The zero-order valence-corrected chi connectivity index (χ0v) is 11.6. The predicted molar refractivity (Wildman–Crippen MR) is 77.7 cm³/mol. The van der Waals surface area contributed by atoms with E-state index in [2.05, 4.69) is 0 Å². The van der Waals surface area contributed by atoms with Crippen molar-refractivity contribution in [2.75, 3.05) is 7.11 Å². The number of ketones is 1. The van der Waals surface area contributed by atoms with E-state index in [9.17, 15) is 14.7 Å². The van der Waals surface area contributed by atoms with E-state index in [1.54, 1.807) is 37.5 Å². The summed E-state index contributed by atoms with van der Waals surface area (Å²) in [5.74, 6) is -0.0475. The van der Waals surface area contributed by atoms with Crippen molar-refractivity contribution in [1.82, 2.24) is 0 Å². The van der Waals surface area contributed by atoms with E-state index in [0.29, 0.717) is 5.75 Å². The minimum Gasteiger partial charge on any atom is -0.507 e. The number of aryl methyl sites for hydroxylation is 1. The summed E-state index contributed by atoms with van der Waals surface area (Å²) >= 11 is 0. The Morgan fingerprint density at radius 3 is 2.52 bits per heavy atom. The van der Waals surface area contributed by atoms with Gasteiger partial charge in [-0.05, 0) is 30.7 Å². The second-order valence-corrected chi connectivity index (χ2v) is 4.38. The van der Waals surface area contributed by atoms with E-state index in [1.165, 1.54) is 19.1 Å². The van der Waals surface area contributed by atoms with Crippen LogP contribution in [0.15, 0.2) is 45.6 Å². The Morgan fingerprint density at radius 1 is 1.29 bits per heavy atom. The first-order chi connectivity index (χ1) is 10.0. The molecule has 0 saturated heterocycles. The smallest absolute Gasteiger partial charge is 0.351 e. The lowest BCUT2D eigenvalue weighted by atomic mass is 10.1. The van der Waals surface area contributed by atoms with Gasteiger partial charge in [0.05, 0.1) is 7.11 Å². The molecule has 0 aliphatic rings. The monoisotopic (exact) mass is 286 g/mol. The molecule has 1 aromatic heterocycles. The van der Waals surface area contributed by atoms with Gasteiger partial charge >= 0.3 is 5.63 Å². The summed E-state index contributed by atoms with van der Waals surface area (Å²) in [6, 6.07) is 8.26. The van der Waals surface area contributed by atoms with Gasteiger partial charge in [-0.1, -0.05) is 18.2 Å². The van der Waals surface area contributed by atoms with Crippen LogP contribution in [0.25, 0.3) is 6.08 Å². The van der Waals surface area contributed by atoms with E-state index in [-0.39, 0.29) is 17.1 Å². The minimum atomic E-state index is -0.850. The highest BCUT2D eigenvalue weighted by Gasteiger charge is 2.15. The van der Waals surface area contributed by atoms with Crippen molar-refractivity contribution < 1.29 is 19.1 Å². The van der Waals surface area contributed by atoms with Gasteiger partial charge in [0.1, 0.15) is 22.8 Å². The molecule has 1 N–H and O–H groups in total. The molecule has 5 nitrogen and oxygen atoms in total. The number of methoxy groups -OCH3 is 1. The zero-order chi connectivity index (χ0) is 15.4. The van der Waals surface area contributed by atoms with Crippen LogP contribution in [0.3, 0.4) is 0 Å². The molecule has 108 valence electrons. The van der Waals surface area contributed by atoms with Crippen molar-refractivity contribution in [1.29, 1.82) is 0 Å². The van der Waals surface area contributed by atoms with Crippen LogP contribution in [0.1, 0.15) is 21.7 Å². The van der Waals surface area contributed by atoms with Crippen LogP contribution >= 0.6 is 0 Å². The molecule has 0 bridgehead atoms. The van der Waals surface area contributed by atoms with Crippen molar-refractivity contribution in [2.24, 2.45) is 0 Å². The first kappa shape index (κ1) is 14.6. The second-order valence-electron chi connectivity index (χ2n) is 4.38. The van der Waals surface area contributed by atoms with Gasteiger partial charge in [0, 0.05) is 6.07 Å². The summed E-state index contributed by atoms with van der Waals surface area (Å²) in [7, 11) is 1.56. The highest BCUT2D eigenvalue weighted by molar-refractivity contribution is 6.08. The Morgan fingerprint density at radius 2 is 1.95 bits per heavy atom. The van der Waals surface area contributed by atoms with Gasteiger partial charge in [0.15, 0.2) is 5.78 Å². The molecule has 2 aromatic rings. The Balaban J connectivity index is 2.25. The zero-order valence-electron chi connectivity index (χ0n) is 11.6. The predicted octanol–water partition coefficient (Wildman–Crippen LogP) is 2.56. The molecule has 0 saturated carbocycles. The molecule has 0 spiro atoms. The first-order valence-corrected chi connectivity index (χ1v) is 6.21. The Labute approximate surface area is 121 Å². The van der Waals surface area contributed by atoms with Gasteiger partial charge in [0.25, 0.3) is 0 Å². The molecular weight excluding hydrogens is 272 g/mol. The van der Waals surface area contributed by atoms with E-state index in [1.807, 2.05) is 0 Å². The van der Waals surface area contributed by atoms with Crippen molar-refractivity contribution in [3.63, 3.8) is 0 Å². The lowest BCUT2D eigenvalue weighted by Gasteiger charge is -2.00. The average molecular weight is 286 g/mol. The topological polar surface area (TPSA) is 76.7 Å². The summed E-state index contributed by atoms with van der Waals surface area (Å²) < 4.78 is 9.83. The quantitative estimate of drug-likeness (QED) is 0.690. The molecule has 0 aliphatic carbocycles. The third kappa shape index (κ3) is 3.39. The van der Waals surface area contributed by atoms with Gasteiger partial charge in [0.2, 0.25) is 0 Å². The Hall–Kier alpha value is -2.82. The van der Waals surface area contributed by atoms with Crippen LogP contribution < -0.4 is 10.4 Å². The highest BCUT2D eigenvalue weighted by Crippen LogP contribution is 2.17. The van der Waals surface area contributed by atoms with Gasteiger partial charge in [-0.25, -0.2) is 4.79 Å². The molecular formula is C16H14O5. The summed E-state index contributed by atoms with van der Waals surface area (Å²) in [6.07, 6.45) is 2.75. The third-order valence-corrected chi connectivity index (χ3v) is 2.84. The number of allylic oxidation sites excluding steroid dienone is 1. The van der Waals surface area contributed by atoms with Crippen LogP contribution in [0.5, 0.6) is 11.5 Å². The second kappa shape index (κ2) is 6.09. The lowest BCUT2D eigenvalue weighted by molar-refractivity contribution is 0.104. The number of carbonyl (C=O) groups excluding carboxylic acids is 1. The summed E-state index contributed by atoms with van der Waals surface area (Å²) in [4.78, 5) is 23.6. The molecule has 0 radical (unpaired) electrons. The normalized spacial score (nSPS) is 10.8. The van der Waals surface area contributed by atoms with Gasteiger partial charge in [-0.2, -0.15) is 0 Å². The van der Waals surface area contributed by atoms with Crippen LogP contribution in [0.2, 0.25) is 0 Å². The molecule has 1 aromatic carbocycles. The fourth-order valence-electron chi connectivity index (χ4n) is 1.79. The molecule has 0 aliphatic heterocycles. The number of hydrogen-bond acceptors (Lipinski definition) is 5. The number of benzene rings is 1. The molecule has 0 atom stereocenters. The Bertz CT molecular complexity index is 738. The fraction of sp³-hybridized carbons (Fsp3) is 0.125. The number of rotatable bonds is 4. The van der Waals surface area contributed by atoms with Crippen molar-refractivity contribution in [2.45, 2.75) is 6.92 Å². The summed E-state index contributed by atoms with van der Waals surface area (Å²) in [6.45, 7) is 1.52. The SMILES string of the molecule is COc1ccc(/C=C\C(=O)c2c(O)cc(C)oc2=O)cc1. The molecule has 0 amide bonds. The molecule has 2 rings (SSSR count). The Kier molecular flexibility index (Phi) is 4.23. The van der Waals surface area contributed by atoms with E-state index in [0.717, 1.165) is 5.56 Å². The number of aromatic hydroxyl groups is 1. The minimum absolute atomic E-state index is 0.244. The van der Waals surface area contributed by atoms with Crippen LogP contribution in [0, 0.1) is 6.92 Å². The van der Waals surface area contributed by atoms with E-state index in [4.69, 9.17) is 9.15 Å². The molecule has 5 heteroatoms. The van der Waals surface area contributed by atoms with Gasteiger partial charge in [-0.3, -0.25) is 4.79 Å². The number of hydrogen-bond donors (Lipinski definition) is 1. The van der Waals surface area contributed by atoms with Crippen LogP contribution in [0.4, 0.5) is 0 Å². The fourth-order valence-corrected chi connectivity index (χ4v) is 1.79. The van der Waals surface area contributed by atoms with Crippen molar-refractivity contribution in [3.8, 4) is 11.5 Å². The molecule has 21 heavy (non-hydrogen) atoms. The average Bonchev–Trinajstić information content (AvgIpc) is 2.44. The van der Waals surface area contributed by atoms with Crippen molar-refractivity contribution >= 4 is 11.9 Å². The first-order valence-electron chi connectivity index (χ1n) is 6.21. The maximum Gasteiger partial charge on any atom is 0.351 e. The summed E-state index contributed by atoms with van der Waals surface area (Å²) in [5, 5.41) is 9.68. The molecule has 0 unspecified atom stereocenters. The highest BCUT2D eigenvalue weighted by atomic mass is 16.5.